The summed E-state index contributed by atoms with van der Waals surface area (Å²) in [6.07, 6.45) is 6.93. The predicted octanol–water partition coefficient (Wildman–Crippen LogP) is 2.90. The quantitative estimate of drug-likeness (QED) is 0.698. The van der Waals surface area contributed by atoms with Gasteiger partial charge in [0.1, 0.15) is 22.3 Å². The van der Waals surface area contributed by atoms with Gasteiger partial charge in [-0.3, -0.25) is 0 Å². The molecule has 0 amide bonds. The molecule has 3 aliphatic rings. The normalized spacial score (nSPS) is 25.2. The van der Waals surface area contributed by atoms with E-state index in [1.807, 2.05) is 13.0 Å². The van der Waals surface area contributed by atoms with Crippen molar-refractivity contribution in [3.8, 4) is 5.88 Å². The lowest BCUT2D eigenvalue weighted by molar-refractivity contribution is -0.0813. The van der Waals surface area contributed by atoms with Gasteiger partial charge in [-0.15, -0.1) is 0 Å². The minimum Gasteiger partial charge on any atom is -0.468 e. The highest BCUT2D eigenvalue weighted by Crippen LogP contribution is 2.42. The molecule has 2 N–H and O–H groups in total. The third-order valence-corrected chi connectivity index (χ3v) is 8.28. The van der Waals surface area contributed by atoms with Crippen LogP contribution in [0.4, 0.5) is 5.82 Å². The van der Waals surface area contributed by atoms with Gasteiger partial charge in [-0.25, -0.2) is 15.0 Å². The number of halogens is 1. The topological polar surface area (TPSA) is 95.6 Å². The number of hydrogen-bond donors (Lipinski definition) is 1. The summed E-state index contributed by atoms with van der Waals surface area (Å²) in [7, 11) is 0. The van der Waals surface area contributed by atoms with Crippen LogP contribution < -0.4 is 15.4 Å². The molecule has 10 heteroatoms. The molecular weight excluding hydrogens is 450 g/mol. The van der Waals surface area contributed by atoms with Crippen molar-refractivity contribution < 1.29 is 14.2 Å². The molecule has 3 aliphatic heterocycles. The molecule has 1 spiro atoms. The molecule has 5 heterocycles. The summed E-state index contributed by atoms with van der Waals surface area (Å²) in [6, 6.07) is 1.94. The molecular formula is C22H27ClN5O3S. The van der Waals surface area contributed by atoms with Crippen LogP contribution in [0.25, 0.3) is 0 Å². The summed E-state index contributed by atoms with van der Waals surface area (Å²) in [5.41, 5.74) is 7.35. The molecule has 2 atom stereocenters. The SMILES string of the molecule is Cc1nc(N2CCC3(CC2)CO[C@@H](C)[C@H]3N)[c]nc1Sc1ccnc(OC2COC2)c1Cl. The van der Waals surface area contributed by atoms with Crippen LogP contribution >= 0.6 is 23.4 Å². The van der Waals surface area contributed by atoms with Crippen LogP contribution in [0, 0.1) is 18.5 Å². The van der Waals surface area contributed by atoms with E-state index >= 15 is 0 Å². The van der Waals surface area contributed by atoms with E-state index in [0.717, 1.165) is 54.0 Å². The number of nitrogens with zero attached hydrogens (tertiary/aromatic N) is 4. The lowest BCUT2D eigenvalue weighted by Gasteiger charge is -2.41. The van der Waals surface area contributed by atoms with Crippen LogP contribution in [0.3, 0.4) is 0 Å². The largest absolute Gasteiger partial charge is 0.468 e. The smallest absolute Gasteiger partial charge is 0.234 e. The van der Waals surface area contributed by atoms with Gasteiger partial charge in [0.05, 0.1) is 31.6 Å². The van der Waals surface area contributed by atoms with Crippen molar-refractivity contribution in [3.63, 3.8) is 0 Å². The molecule has 8 nitrogen and oxygen atoms in total. The number of ether oxygens (including phenoxy) is 3. The van der Waals surface area contributed by atoms with E-state index in [1.54, 1.807) is 6.20 Å². The fourth-order valence-electron chi connectivity index (χ4n) is 4.40. The number of anilines is 1. The van der Waals surface area contributed by atoms with E-state index in [4.69, 9.17) is 36.5 Å². The minimum absolute atomic E-state index is 0.00614. The molecule has 5 rings (SSSR count). The van der Waals surface area contributed by atoms with Gasteiger partial charge in [0, 0.05) is 35.6 Å². The summed E-state index contributed by atoms with van der Waals surface area (Å²) in [5.74, 6) is 1.19. The molecule has 1 radical (unpaired) electrons. The van der Waals surface area contributed by atoms with Gasteiger partial charge in [-0.2, -0.15) is 0 Å². The monoisotopic (exact) mass is 476 g/mol. The highest BCUT2D eigenvalue weighted by atomic mass is 35.5. The van der Waals surface area contributed by atoms with Crippen molar-refractivity contribution in [3.05, 3.63) is 29.2 Å². The second kappa shape index (κ2) is 8.95. The average molecular weight is 477 g/mol. The van der Waals surface area contributed by atoms with E-state index in [0.29, 0.717) is 24.1 Å². The van der Waals surface area contributed by atoms with Crippen molar-refractivity contribution in [1.29, 1.82) is 0 Å². The van der Waals surface area contributed by atoms with E-state index in [2.05, 4.69) is 28.0 Å². The number of aromatic nitrogens is 3. The highest BCUT2D eigenvalue weighted by molar-refractivity contribution is 7.99. The zero-order valence-corrected chi connectivity index (χ0v) is 19.8. The fourth-order valence-corrected chi connectivity index (χ4v) is 5.47. The average Bonchev–Trinajstić information content (AvgIpc) is 3.03. The van der Waals surface area contributed by atoms with Crippen molar-refractivity contribution in [2.75, 3.05) is 37.8 Å². The maximum Gasteiger partial charge on any atom is 0.234 e. The third kappa shape index (κ3) is 4.17. The predicted molar refractivity (Wildman–Crippen MR) is 121 cm³/mol. The van der Waals surface area contributed by atoms with Gasteiger partial charge < -0.3 is 24.8 Å². The summed E-state index contributed by atoms with van der Waals surface area (Å²) < 4.78 is 16.8. The number of aryl methyl sites for hydroxylation is 1. The molecule has 0 aliphatic carbocycles. The molecule has 0 bridgehead atoms. The van der Waals surface area contributed by atoms with Crippen LogP contribution in [0.15, 0.2) is 22.2 Å². The summed E-state index contributed by atoms with van der Waals surface area (Å²) in [5, 5.41) is 1.23. The Hall–Kier alpha value is -1.65. The number of pyridine rings is 1. The van der Waals surface area contributed by atoms with Crippen LogP contribution in [0.1, 0.15) is 25.5 Å². The lowest BCUT2D eigenvalue weighted by atomic mass is 9.73. The molecule has 2 aromatic heterocycles. The molecule has 3 saturated heterocycles. The number of hydrogen-bond acceptors (Lipinski definition) is 9. The van der Waals surface area contributed by atoms with Crippen LogP contribution in [-0.4, -0.2) is 66.1 Å². The maximum absolute atomic E-state index is 6.53. The van der Waals surface area contributed by atoms with E-state index in [9.17, 15) is 0 Å². The first-order chi connectivity index (χ1) is 15.4. The Bertz CT molecular complexity index is 984. The Morgan fingerprint density at radius 3 is 2.75 bits per heavy atom. The van der Waals surface area contributed by atoms with Gasteiger partial charge >= 0.3 is 0 Å². The van der Waals surface area contributed by atoms with Gasteiger partial charge in [0.15, 0.2) is 5.82 Å². The maximum atomic E-state index is 6.53. The van der Waals surface area contributed by atoms with Gasteiger partial charge in [0.2, 0.25) is 5.88 Å². The first kappa shape index (κ1) is 22.2. The molecule has 32 heavy (non-hydrogen) atoms. The molecule has 3 fully saturated rings. The van der Waals surface area contributed by atoms with Gasteiger partial charge in [0.25, 0.3) is 0 Å². The van der Waals surface area contributed by atoms with E-state index in [-0.39, 0.29) is 23.7 Å². The zero-order chi connectivity index (χ0) is 22.3. The third-order valence-electron chi connectivity index (χ3n) is 6.66. The zero-order valence-electron chi connectivity index (χ0n) is 18.2. The number of nitrogens with two attached hydrogens (primary N) is 1. The Labute approximate surface area is 197 Å². The van der Waals surface area contributed by atoms with Crippen LogP contribution in [-0.2, 0) is 9.47 Å². The van der Waals surface area contributed by atoms with Gasteiger partial charge in [-0.1, -0.05) is 23.4 Å². The highest BCUT2D eigenvalue weighted by Gasteiger charge is 2.47. The first-order valence-corrected chi connectivity index (χ1v) is 12.1. The van der Waals surface area contributed by atoms with Crippen LogP contribution in [0.2, 0.25) is 5.02 Å². The summed E-state index contributed by atoms with van der Waals surface area (Å²) >= 11 is 7.97. The number of piperidine rings is 1. The van der Waals surface area contributed by atoms with Gasteiger partial charge in [-0.05, 0) is 32.8 Å². The molecule has 2 aromatic rings. The summed E-state index contributed by atoms with van der Waals surface area (Å²) in [6.45, 7) is 7.65. The van der Waals surface area contributed by atoms with E-state index in [1.165, 1.54) is 11.8 Å². The Balaban J connectivity index is 1.26. The Morgan fingerprint density at radius 1 is 1.34 bits per heavy atom. The Kier molecular flexibility index (Phi) is 6.19. The first-order valence-electron chi connectivity index (χ1n) is 10.9. The minimum atomic E-state index is 0.00614. The van der Waals surface area contributed by atoms with E-state index < -0.39 is 0 Å². The fraction of sp³-hybridized carbons (Fsp3) is 0.591. The molecule has 171 valence electrons. The van der Waals surface area contributed by atoms with Crippen molar-refractivity contribution >= 4 is 29.2 Å². The second-order valence-corrected chi connectivity index (χ2v) is 10.2. The summed E-state index contributed by atoms with van der Waals surface area (Å²) in [4.78, 5) is 16.7. The molecule has 0 unspecified atom stereocenters. The number of rotatable bonds is 5. The van der Waals surface area contributed by atoms with Crippen molar-refractivity contribution in [2.24, 2.45) is 11.1 Å². The lowest BCUT2D eigenvalue weighted by Crippen LogP contribution is -2.50. The molecule has 0 saturated carbocycles. The Morgan fingerprint density at radius 2 is 2.12 bits per heavy atom. The van der Waals surface area contributed by atoms with Crippen molar-refractivity contribution in [1.82, 2.24) is 15.0 Å². The van der Waals surface area contributed by atoms with Crippen molar-refractivity contribution in [2.45, 2.75) is 54.9 Å². The standard InChI is InChI=1S/C22H27ClN5O3S/c1-13-21(32-16-3-6-25-20(18(16)23)31-15-10-29-11-15)26-9-17(27-13)28-7-4-22(5-8-28)12-30-14(2)19(22)24/h3,6,14-15,19H,4-5,7-8,10-12,24H2,1-2H3/t14-,19+/m0/s1. The van der Waals surface area contributed by atoms with Crippen LogP contribution in [0.5, 0.6) is 5.88 Å². The molecule has 0 aromatic carbocycles. The second-order valence-electron chi connectivity index (χ2n) is 8.75.